The van der Waals surface area contributed by atoms with Gasteiger partial charge in [0, 0.05) is 6.07 Å². The summed E-state index contributed by atoms with van der Waals surface area (Å²) in [5.41, 5.74) is -1.28. The van der Waals surface area contributed by atoms with Gasteiger partial charge >= 0.3 is 5.97 Å². The quantitative estimate of drug-likeness (QED) is 0.366. The minimum absolute atomic E-state index is 0.0936. The molecule has 0 saturated heterocycles. The van der Waals surface area contributed by atoms with Gasteiger partial charge in [-0.1, -0.05) is 19.9 Å². The third-order valence-corrected chi connectivity index (χ3v) is 3.98. The molecule has 6 heteroatoms. The largest absolute Gasteiger partial charge is 0.460 e. The monoisotopic (exact) mass is 302 g/mol. The molecule has 0 aromatic heterocycles. The first kappa shape index (κ1) is 15.5. The molecule has 0 spiro atoms. The highest BCUT2D eigenvalue weighted by molar-refractivity contribution is 5.78. The number of halogens is 4. The van der Waals surface area contributed by atoms with E-state index in [1.807, 2.05) is 13.8 Å². The number of esters is 1. The fourth-order valence-electron chi connectivity index (χ4n) is 2.55. The highest BCUT2D eigenvalue weighted by atomic mass is 19.2. The van der Waals surface area contributed by atoms with E-state index in [1.165, 1.54) is 0 Å². The predicted molar refractivity (Wildman–Crippen MR) is 67.0 cm³/mol. The molecule has 1 aliphatic rings. The second kappa shape index (κ2) is 5.16. The Labute approximate surface area is 119 Å². The maximum Gasteiger partial charge on any atom is 0.310 e. The Morgan fingerprint density at radius 3 is 2.24 bits per heavy atom. The molecule has 0 bridgehead atoms. The fraction of sp³-hybridized carbons (Fsp3) is 0.400. The Balaban J connectivity index is 2.12. The van der Waals surface area contributed by atoms with Gasteiger partial charge in [0.25, 0.3) is 0 Å². The molecule has 1 fully saturated rings. The summed E-state index contributed by atoms with van der Waals surface area (Å²) >= 11 is 0. The number of hydrogen-bond acceptors (Lipinski definition) is 2. The van der Waals surface area contributed by atoms with Crippen LogP contribution in [-0.4, -0.2) is 5.97 Å². The number of allylic oxidation sites excluding steroid dienone is 1. The Hall–Kier alpha value is -1.85. The lowest BCUT2D eigenvalue weighted by atomic mass is 10.1. The maximum absolute atomic E-state index is 13.4. The molecule has 21 heavy (non-hydrogen) atoms. The van der Waals surface area contributed by atoms with Gasteiger partial charge in [-0.2, -0.15) is 0 Å². The molecular weight excluding hydrogens is 288 g/mol. The average molecular weight is 302 g/mol. The SMILES string of the molecule is C=C[C@@H]1[C@@H](C(=O)OCc2c(F)c(F)cc(F)c2F)C1(C)C. The van der Waals surface area contributed by atoms with Crippen LogP contribution in [0.15, 0.2) is 18.7 Å². The third kappa shape index (κ3) is 2.54. The van der Waals surface area contributed by atoms with E-state index in [0.29, 0.717) is 0 Å². The van der Waals surface area contributed by atoms with Gasteiger partial charge in [0.2, 0.25) is 0 Å². The molecular formula is C15H14F4O2. The van der Waals surface area contributed by atoms with Crippen LogP contribution in [0.5, 0.6) is 0 Å². The Kier molecular flexibility index (Phi) is 3.82. The number of rotatable bonds is 4. The lowest BCUT2D eigenvalue weighted by molar-refractivity contribution is -0.147. The predicted octanol–water partition coefficient (Wildman–Crippen LogP) is 3.74. The molecule has 0 radical (unpaired) electrons. The summed E-state index contributed by atoms with van der Waals surface area (Å²) in [5, 5.41) is 0. The minimum Gasteiger partial charge on any atom is -0.460 e. The van der Waals surface area contributed by atoms with Gasteiger partial charge in [-0.25, -0.2) is 17.6 Å². The average Bonchev–Trinajstić information content (AvgIpc) is 2.98. The van der Waals surface area contributed by atoms with Gasteiger partial charge in [0.05, 0.1) is 11.5 Å². The zero-order valence-corrected chi connectivity index (χ0v) is 11.6. The van der Waals surface area contributed by atoms with Crippen molar-refractivity contribution < 1.29 is 27.1 Å². The van der Waals surface area contributed by atoms with Crippen molar-refractivity contribution in [3.63, 3.8) is 0 Å². The van der Waals surface area contributed by atoms with Crippen LogP contribution in [0.4, 0.5) is 17.6 Å². The molecule has 2 nitrogen and oxygen atoms in total. The summed E-state index contributed by atoms with van der Waals surface area (Å²) in [4.78, 5) is 11.9. The zero-order chi connectivity index (χ0) is 15.9. The van der Waals surface area contributed by atoms with Gasteiger partial charge in [-0.15, -0.1) is 6.58 Å². The van der Waals surface area contributed by atoms with Gasteiger partial charge < -0.3 is 4.74 Å². The zero-order valence-electron chi connectivity index (χ0n) is 11.6. The Bertz CT molecular complexity index is 584. The lowest BCUT2D eigenvalue weighted by Gasteiger charge is -2.09. The Morgan fingerprint density at radius 2 is 1.81 bits per heavy atom. The molecule has 0 N–H and O–H groups in total. The Morgan fingerprint density at radius 1 is 1.29 bits per heavy atom. The van der Waals surface area contributed by atoms with Crippen LogP contribution < -0.4 is 0 Å². The molecule has 1 aromatic carbocycles. The van der Waals surface area contributed by atoms with Crippen LogP contribution in [-0.2, 0) is 16.1 Å². The topological polar surface area (TPSA) is 26.3 Å². The van der Waals surface area contributed by atoms with E-state index in [1.54, 1.807) is 6.08 Å². The smallest absolute Gasteiger partial charge is 0.310 e. The normalized spacial score (nSPS) is 22.8. The van der Waals surface area contributed by atoms with E-state index in [4.69, 9.17) is 4.74 Å². The second-order valence-corrected chi connectivity index (χ2v) is 5.61. The van der Waals surface area contributed by atoms with Crippen LogP contribution in [0, 0.1) is 40.5 Å². The molecule has 0 unspecified atom stereocenters. The van der Waals surface area contributed by atoms with Crippen molar-refractivity contribution in [3.05, 3.63) is 47.6 Å². The van der Waals surface area contributed by atoms with Gasteiger partial charge in [-0.3, -0.25) is 4.79 Å². The van der Waals surface area contributed by atoms with Crippen LogP contribution in [0.3, 0.4) is 0 Å². The van der Waals surface area contributed by atoms with Crippen LogP contribution >= 0.6 is 0 Å². The molecule has 2 atom stereocenters. The van der Waals surface area contributed by atoms with Gasteiger partial charge in [0.15, 0.2) is 23.3 Å². The van der Waals surface area contributed by atoms with Crippen molar-refractivity contribution >= 4 is 5.97 Å². The summed E-state index contributed by atoms with van der Waals surface area (Å²) in [6.45, 7) is 6.39. The summed E-state index contributed by atoms with van der Waals surface area (Å²) in [7, 11) is 0. The first-order valence-electron chi connectivity index (χ1n) is 6.32. The lowest BCUT2D eigenvalue weighted by Crippen LogP contribution is -2.13. The minimum atomic E-state index is -1.56. The third-order valence-electron chi connectivity index (χ3n) is 3.98. The fourth-order valence-corrected chi connectivity index (χ4v) is 2.55. The van der Waals surface area contributed by atoms with Crippen molar-refractivity contribution in [2.45, 2.75) is 20.5 Å². The van der Waals surface area contributed by atoms with Crippen LogP contribution in [0.25, 0.3) is 0 Å². The van der Waals surface area contributed by atoms with Crippen molar-refractivity contribution in [1.82, 2.24) is 0 Å². The molecule has 1 aromatic rings. The number of hydrogen-bond donors (Lipinski definition) is 0. The van der Waals surface area contributed by atoms with E-state index in [-0.39, 0.29) is 17.4 Å². The first-order valence-corrected chi connectivity index (χ1v) is 6.32. The standard InChI is InChI=1S/C15H14F4O2/c1-4-8-11(15(8,2)3)14(20)21-6-7-12(18)9(16)5-10(17)13(7)19/h4-5,8,11H,1,6H2,2-3H3/t8-,11+/m1/s1. The highest BCUT2D eigenvalue weighted by Crippen LogP contribution is 2.59. The van der Waals surface area contributed by atoms with E-state index in [0.717, 1.165) is 0 Å². The van der Waals surface area contributed by atoms with Crippen molar-refractivity contribution in [3.8, 4) is 0 Å². The van der Waals surface area contributed by atoms with E-state index in [2.05, 4.69) is 6.58 Å². The maximum atomic E-state index is 13.4. The van der Waals surface area contributed by atoms with Crippen molar-refractivity contribution in [2.75, 3.05) is 0 Å². The summed E-state index contributed by atoms with van der Waals surface area (Å²) in [5.74, 6) is -7.42. The van der Waals surface area contributed by atoms with Crippen molar-refractivity contribution in [2.24, 2.45) is 17.3 Å². The highest BCUT2D eigenvalue weighted by Gasteiger charge is 2.61. The van der Waals surface area contributed by atoms with Crippen molar-refractivity contribution in [1.29, 1.82) is 0 Å². The number of carbonyl (C=O) groups excluding carboxylic acids is 1. The van der Waals surface area contributed by atoms with E-state index < -0.39 is 47.3 Å². The van der Waals surface area contributed by atoms with E-state index >= 15 is 0 Å². The summed E-state index contributed by atoms with van der Waals surface area (Å²) in [6, 6.07) is 0.105. The number of benzene rings is 1. The number of ether oxygens (including phenoxy) is 1. The molecule has 0 amide bonds. The van der Waals surface area contributed by atoms with Crippen LogP contribution in [0.1, 0.15) is 19.4 Å². The molecule has 1 saturated carbocycles. The molecule has 1 aliphatic carbocycles. The first-order chi connectivity index (χ1) is 9.71. The summed E-state index contributed by atoms with van der Waals surface area (Å²) in [6.07, 6.45) is 1.61. The molecule has 114 valence electrons. The van der Waals surface area contributed by atoms with Gasteiger partial charge in [0.1, 0.15) is 6.61 Å². The number of carbonyl (C=O) groups is 1. The summed E-state index contributed by atoms with van der Waals surface area (Å²) < 4.78 is 57.7. The van der Waals surface area contributed by atoms with Crippen LogP contribution in [0.2, 0.25) is 0 Å². The second-order valence-electron chi connectivity index (χ2n) is 5.61. The molecule has 2 rings (SSSR count). The van der Waals surface area contributed by atoms with Gasteiger partial charge in [-0.05, 0) is 11.3 Å². The van der Waals surface area contributed by atoms with E-state index in [9.17, 15) is 22.4 Å². The molecule has 0 heterocycles. The molecule has 0 aliphatic heterocycles.